The van der Waals surface area contributed by atoms with E-state index in [4.69, 9.17) is 4.74 Å². The van der Waals surface area contributed by atoms with E-state index < -0.39 is 28.5 Å². The number of rotatable bonds is 11. The van der Waals surface area contributed by atoms with Crippen molar-refractivity contribution >= 4 is 27.5 Å². The molecule has 0 saturated carbocycles. The van der Waals surface area contributed by atoms with Crippen molar-refractivity contribution in [1.29, 1.82) is 0 Å². The molecule has 0 aromatic heterocycles. The topological polar surface area (TPSA) is 96.0 Å². The van der Waals surface area contributed by atoms with Crippen molar-refractivity contribution in [2.45, 2.75) is 31.2 Å². The highest BCUT2D eigenvalue weighted by Crippen LogP contribution is 2.33. The monoisotopic (exact) mass is 523 g/mol. The number of hydrogen-bond acceptors (Lipinski definition) is 5. The van der Waals surface area contributed by atoms with Gasteiger partial charge in [0, 0.05) is 13.6 Å². The van der Waals surface area contributed by atoms with Crippen LogP contribution in [0.5, 0.6) is 5.75 Å². The lowest BCUT2D eigenvalue weighted by Gasteiger charge is -2.32. The maximum Gasteiger partial charge on any atom is 0.264 e. The van der Waals surface area contributed by atoms with Crippen LogP contribution in [0.15, 0.2) is 83.8 Å². The van der Waals surface area contributed by atoms with Crippen LogP contribution < -0.4 is 14.4 Å². The fraction of sp³-hybridized carbons (Fsp3) is 0.286. The molecule has 0 aliphatic carbocycles. The molecule has 1 unspecified atom stereocenters. The van der Waals surface area contributed by atoms with E-state index in [1.165, 1.54) is 31.2 Å². The fourth-order valence-electron chi connectivity index (χ4n) is 4.01. The minimum Gasteiger partial charge on any atom is -0.495 e. The summed E-state index contributed by atoms with van der Waals surface area (Å²) in [5.41, 5.74) is 2.05. The lowest BCUT2D eigenvalue weighted by atomic mass is 10.1. The van der Waals surface area contributed by atoms with E-state index in [-0.39, 0.29) is 23.0 Å². The quantitative estimate of drug-likeness (QED) is 0.416. The summed E-state index contributed by atoms with van der Waals surface area (Å²) in [4.78, 5) is 27.8. The smallest absolute Gasteiger partial charge is 0.264 e. The molecule has 3 rings (SSSR count). The Morgan fingerprint density at radius 1 is 0.973 bits per heavy atom. The first-order chi connectivity index (χ1) is 17.7. The molecule has 0 aliphatic rings. The van der Waals surface area contributed by atoms with Gasteiger partial charge in [-0.25, -0.2) is 8.42 Å². The maximum absolute atomic E-state index is 13.8. The van der Waals surface area contributed by atoms with Crippen molar-refractivity contribution in [1.82, 2.24) is 10.2 Å². The largest absolute Gasteiger partial charge is 0.495 e. The van der Waals surface area contributed by atoms with Gasteiger partial charge in [0.05, 0.1) is 17.7 Å². The number of methoxy groups -OCH3 is 1. The van der Waals surface area contributed by atoms with Crippen LogP contribution >= 0.6 is 0 Å². The second-order valence-electron chi connectivity index (χ2n) is 8.61. The number of carbonyl (C=O) groups excluding carboxylic acids is 2. The molecule has 0 fully saturated rings. The molecule has 0 spiro atoms. The first kappa shape index (κ1) is 27.7. The molecule has 2 amide bonds. The number of nitrogens with one attached hydrogen (secondary N) is 1. The average Bonchev–Trinajstić information content (AvgIpc) is 2.92. The Kier molecular flexibility index (Phi) is 9.30. The lowest BCUT2D eigenvalue weighted by molar-refractivity contribution is -0.138. The number of anilines is 1. The Morgan fingerprint density at radius 2 is 1.59 bits per heavy atom. The van der Waals surface area contributed by atoms with E-state index in [1.54, 1.807) is 43.3 Å². The molecule has 37 heavy (non-hydrogen) atoms. The van der Waals surface area contributed by atoms with Gasteiger partial charge in [-0.05, 0) is 55.7 Å². The van der Waals surface area contributed by atoms with Gasteiger partial charge in [0.2, 0.25) is 11.8 Å². The molecule has 1 atom stereocenters. The number of carbonyl (C=O) groups is 2. The molecule has 0 saturated heterocycles. The van der Waals surface area contributed by atoms with E-state index in [0.717, 1.165) is 15.4 Å². The number of nitrogens with zero attached hydrogens (tertiary/aromatic N) is 2. The van der Waals surface area contributed by atoms with E-state index >= 15 is 0 Å². The molecule has 9 heteroatoms. The zero-order valence-electron chi connectivity index (χ0n) is 21.5. The summed E-state index contributed by atoms with van der Waals surface area (Å²) in [6.07, 6.45) is 0.507. The number of likely N-dealkylation sites (N-methyl/N-ethyl adjacent to an activating group) is 1. The molecular formula is C28H33N3O5S. The molecule has 3 aromatic carbocycles. The van der Waals surface area contributed by atoms with Gasteiger partial charge in [0.15, 0.2) is 0 Å². The highest BCUT2D eigenvalue weighted by molar-refractivity contribution is 7.92. The highest BCUT2D eigenvalue weighted by atomic mass is 32.2. The fourth-order valence-corrected chi connectivity index (χ4v) is 5.44. The predicted molar refractivity (Wildman–Crippen MR) is 144 cm³/mol. The van der Waals surface area contributed by atoms with Gasteiger partial charge < -0.3 is 15.0 Å². The minimum atomic E-state index is -4.15. The Morgan fingerprint density at radius 3 is 2.19 bits per heavy atom. The van der Waals surface area contributed by atoms with Crippen LogP contribution in [0.2, 0.25) is 0 Å². The van der Waals surface area contributed by atoms with Gasteiger partial charge >= 0.3 is 0 Å². The number of sulfonamides is 1. The van der Waals surface area contributed by atoms with Crippen LogP contribution in [0.1, 0.15) is 18.1 Å². The molecular weight excluding hydrogens is 490 g/mol. The zero-order chi connectivity index (χ0) is 27.0. The molecule has 3 aromatic rings. The van der Waals surface area contributed by atoms with E-state index in [9.17, 15) is 18.0 Å². The van der Waals surface area contributed by atoms with E-state index in [0.29, 0.717) is 12.2 Å². The summed E-state index contributed by atoms with van der Waals surface area (Å²) in [6, 6.07) is 21.9. The number of hydrogen-bond donors (Lipinski definition) is 1. The van der Waals surface area contributed by atoms with E-state index in [2.05, 4.69) is 5.32 Å². The molecule has 1 N–H and O–H groups in total. The van der Waals surface area contributed by atoms with Gasteiger partial charge in [0.25, 0.3) is 10.0 Å². The molecule has 0 heterocycles. The maximum atomic E-state index is 13.8. The van der Waals surface area contributed by atoms with Gasteiger partial charge in [-0.15, -0.1) is 0 Å². The summed E-state index contributed by atoms with van der Waals surface area (Å²) < 4.78 is 34.2. The SMILES string of the molecule is CNC(=O)C(C)N(CCc1ccccc1)C(=O)CN(c1cc(C)ccc1OC)S(=O)(=O)c1ccccc1. The summed E-state index contributed by atoms with van der Waals surface area (Å²) in [7, 11) is -1.20. The number of benzene rings is 3. The number of aryl methyl sites for hydroxylation is 1. The Labute approximate surface area is 218 Å². The Balaban J connectivity index is 2.03. The van der Waals surface area contributed by atoms with Crippen molar-refractivity contribution in [2.24, 2.45) is 0 Å². The standard InChI is InChI=1S/C28H33N3O5S/c1-21-15-16-26(36-4)25(19-21)31(37(34,35)24-13-9-6-10-14-24)20-27(32)30(22(2)28(33)29-3)18-17-23-11-7-5-8-12-23/h5-16,19,22H,17-18,20H2,1-4H3,(H,29,33). The average molecular weight is 524 g/mol. The van der Waals surface area contributed by atoms with Crippen LogP contribution in [0, 0.1) is 6.92 Å². The van der Waals surface area contributed by atoms with Crippen LogP contribution in [-0.4, -0.2) is 58.4 Å². The number of amides is 2. The second kappa shape index (κ2) is 12.4. The summed E-state index contributed by atoms with van der Waals surface area (Å²) in [6.45, 7) is 3.19. The Hall–Kier alpha value is -3.85. The molecule has 0 bridgehead atoms. The first-order valence-electron chi connectivity index (χ1n) is 12.0. The summed E-state index contributed by atoms with van der Waals surface area (Å²) in [5, 5.41) is 2.58. The minimum absolute atomic E-state index is 0.0431. The first-order valence-corrected chi connectivity index (χ1v) is 13.4. The summed E-state index contributed by atoms with van der Waals surface area (Å²) in [5.74, 6) is -0.532. The van der Waals surface area contributed by atoms with Crippen LogP contribution in [-0.2, 0) is 26.0 Å². The van der Waals surface area contributed by atoms with Crippen molar-refractivity contribution in [3.8, 4) is 5.75 Å². The van der Waals surface area contributed by atoms with E-state index in [1.807, 2.05) is 37.3 Å². The van der Waals surface area contributed by atoms with Crippen molar-refractivity contribution in [3.63, 3.8) is 0 Å². The third kappa shape index (κ3) is 6.68. The molecule has 196 valence electrons. The van der Waals surface area contributed by atoms with Crippen molar-refractivity contribution in [3.05, 3.63) is 90.0 Å². The predicted octanol–water partition coefficient (Wildman–Crippen LogP) is 3.40. The zero-order valence-corrected chi connectivity index (χ0v) is 22.4. The van der Waals surface area contributed by atoms with Gasteiger partial charge in [-0.1, -0.05) is 54.6 Å². The second-order valence-corrected chi connectivity index (χ2v) is 10.5. The number of ether oxygens (including phenoxy) is 1. The summed E-state index contributed by atoms with van der Waals surface area (Å²) >= 11 is 0. The Bertz CT molecular complexity index is 1310. The van der Waals surface area contributed by atoms with Gasteiger partial charge in [-0.2, -0.15) is 0 Å². The lowest BCUT2D eigenvalue weighted by Crippen LogP contribution is -2.51. The molecule has 8 nitrogen and oxygen atoms in total. The molecule has 0 radical (unpaired) electrons. The van der Waals surface area contributed by atoms with Crippen molar-refractivity contribution in [2.75, 3.05) is 31.6 Å². The van der Waals surface area contributed by atoms with Crippen LogP contribution in [0.4, 0.5) is 5.69 Å². The van der Waals surface area contributed by atoms with Crippen molar-refractivity contribution < 1.29 is 22.7 Å². The third-order valence-electron chi connectivity index (χ3n) is 6.11. The van der Waals surface area contributed by atoms with Crippen LogP contribution in [0.25, 0.3) is 0 Å². The third-order valence-corrected chi connectivity index (χ3v) is 7.88. The normalized spacial score (nSPS) is 11.9. The van der Waals surface area contributed by atoms with Gasteiger partial charge in [0.1, 0.15) is 18.3 Å². The van der Waals surface area contributed by atoms with Crippen LogP contribution in [0.3, 0.4) is 0 Å². The van der Waals surface area contributed by atoms with Gasteiger partial charge in [-0.3, -0.25) is 13.9 Å². The highest BCUT2D eigenvalue weighted by Gasteiger charge is 2.33. The molecule has 0 aliphatic heterocycles.